The fourth-order valence-electron chi connectivity index (χ4n) is 2.55. The second-order valence-electron chi connectivity index (χ2n) is 4.72. The lowest BCUT2D eigenvalue weighted by molar-refractivity contribution is 0.0696. The molecule has 0 aliphatic carbocycles. The molecule has 1 aliphatic heterocycles. The number of carbonyl (C=O) groups is 1. The Bertz CT molecular complexity index is 403. The summed E-state index contributed by atoms with van der Waals surface area (Å²) in [5.74, 6) is -0.337. The third kappa shape index (κ3) is 2.86. The number of hydrogen-bond acceptors (Lipinski definition) is 2. The molecule has 0 radical (unpaired) electrons. The first kappa shape index (κ1) is 12.1. The van der Waals surface area contributed by atoms with Gasteiger partial charge in [-0.3, -0.25) is 0 Å². The van der Waals surface area contributed by atoms with E-state index in [1.807, 2.05) is 18.2 Å². The van der Waals surface area contributed by atoms with Gasteiger partial charge >= 0.3 is 5.97 Å². The predicted molar refractivity (Wildman–Crippen MR) is 67.5 cm³/mol. The standard InChI is InChI=1S/C14H19NO2/c1-2-7-15-8-6-13(10-15)11-4-3-5-12(9-11)14(16)17/h3-5,9,13H,2,6-8,10H2,1H3,(H,16,17). The van der Waals surface area contributed by atoms with Crippen LogP contribution in [-0.4, -0.2) is 35.6 Å². The van der Waals surface area contributed by atoms with Crippen molar-refractivity contribution >= 4 is 5.97 Å². The molecule has 17 heavy (non-hydrogen) atoms. The largest absolute Gasteiger partial charge is 0.478 e. The van der Waals surface area contributed by atoms with Crippen LogP contribution in [0, 0.1) is 0 Å². The minimum absolute atomic E-state index is 0.399. The van der Waals surface area contributed by atoms with Crippen LogP contribution in [0.15, 0.2) is 24.3 Å². The molecule has 1 saturated heterocycles. The van der Waals surface area contributed by atoms with Crippen molar-refractivity contribution in [3.05, 3.63) is 35.4 Å². The third-order valence-corrected chi connectivity index (χ3v) is 3.42. The third-order valence-electron chi connectivity index (χ3n) is 3.42. The number of likely N-dealkylation sites (tertiary alicyclic amines) is 1. The first-order valence-corrected chi connectivity index (χ1v) is 6.26. The lowest BCUT2D eigenvalue weighted by atomic mass is 9.97. The molecular weight excluding hydrogens is 214 g/mol. The van der Waals surface area contributed by atoms with Crippen molar-refractivity contribution in [1.29, 1.82) is 0 Å². The maximum atomic E-state index is 10.9. The molecule has 1 aliphatic rings. The van der Waals surface area contributed by atoms with Gasteiger partial charge in [0.25, 0.3) is 0 Å². The lowest BCUT2D eigenvalue weighted by Gasteiger charge is -2.15. The van der Waals surface area contributed by atoms with E-state index in [9.17, 15) is 4.79 Å². The number of benzene rings is 1. The number of nitrogens with zero attached hydrogens (tertiary/aromatic N) is 1. The van der Waals surface area contributed by atoms with Gasteiger partial charge in [-0.15, -0.1) is 0 Å². The summed E-state index contributed by atoms with van der Waals surface area (Å²) in [7, 11) is 0. The number of rotatable bonds is 4. The van der Waals surface area contributed by atoms with Crippen molar-refractivity contribution in [2.24, 2.45) is 0 Å². The Labute approximate surface area is 102 Å². The number of hydrogen-bond donors (Lipinski definition) is 1. The minimum atomic E-state index is -0.838. The van der Waals surface area contributed by atoms with Gasteiger partial charge in [0.05, 0.1) is 5.56 Å². The van der Waals surface area contributed by atoms with Gasteiger partial charge < -0.3 is 10.0 Å². The van der Waals surface area contributed by atoms with Gasteiger partial charge in [-0.05, 0) is 49.5 Å². The Morgan fingerprint density at radius 1 is 1.53 bits per heavy atom. The van der Waals surface area contributed by atoms with E-state index < -0.39 is 5.97 Å². The van der Waals surface area contributed by atoms with Crippen LogP contribution in [0.1, 0.15) is 41.6 Å². The Kier molecular flexibility index (Phi) is 3.79. The van der Waals surface area contributed by atoms with Gasteiger partial charge in [0.1, 0.15) is 0 Å². The average Bonchev–Trinajstić information content (AvgIpc) is 2.78. The van der Waals surface area contributed by atoms with Gasteiger partial charge in [-0.1, -0.05) is 19.1 Å². The van der Waals surface area contributed by atoms with Gasteiger partial charge in [-0.2, -0.15) is 0 Å². The highest BCUT2D eigenvalue weighted by atomic mass is 16.4. The van der Waals surface area contributed by atoms with Crippen molar-refractivity contribution in [2.45, 2.75) is 25.7 Å². The van der Waals surface area contributed by atoms with Crippen LogP contribution in [0.4, 0.5) is 0 Å². The molecule has 0 aromatic heterocycles. The Morgan fingerprint density at radius 3 is 3.06 bits per heavy atom. The summed E-state index contributed by atoms with van der Waals surface area (Å²) in [6, 6.07) is 7.38. The second-order valence-corrected chi connectivity index (χ2v) is 4.72. The van der Waals surface area contributed by atoms with E-state index in [0.29, 0.717) is 11.5 Å². The Morgan fingerprint density at radius 2 is 2.35 bits per heavy atom. The van der Waals surface area contributed by atoms with Crippen molar-refractivity contribution in [3.63, 3.8) is 0 Å². The fourth-order valence-corrected chi connectivity index (χ4v) is 2.55. The maximum Gasteiger partial charge on any atom is 0.335 e. The summed E-state index contributed by atoms with van der Waals surface area (Å²) in [6.07, 6.45) is 2.32. The van der Waals surface area contributed by atoms with Gasteiger partial charge in [-0.25, -0.2) is 4.79 Å². The highest BCUT2D eigenvalue weighted by molar-refractivity contribution is 5.87. The minimum Gasteiger partial charge on any atom is -0.478 e. The van der Waals surface area contributed by atoms with E-state index in [1.165, 1.54) is 12.0 Å². The summed E-state index contributed by atoms with van der Waals surface area (Å²) in [4.78, 5) is 13.4. The number of carboxylic acids is 1. The van der Waals surface area contributed by atoms with Crippen molar-refractivity contribution in [1.82, 2.24) is 4.90 Å². The second kappa shape index (κ2) is 5.32. The summed E-state index contributed by atoms with van der Waals surface area (Å²) < 4.78 is 0. The van der Waals surface area contributed by atoms with Crippen molar-refractivity contribution in [2.75, 3.05) is 19.6 Å². The molecule has 1 atom stereocenters. The van der Waals surface area contributed by atoms with Crippen LogP contribution >= 0.6 is 0 Å². The quantitative estimate of drug-likeness (QED) is 0.869. The number of carboxylic acid groups (broad SMARTS) is 1. The van der Waals surface area contributed by atoms with Gasteiger partial charge in [0.2, 0.25) is 0 Å². The van der Waals surface area contributed by atoms with E-state index in [-0.39, 0.29) is 0 Å². The normalized spacial score (nSPS) is 20.6. The summed E-state index contributed by atoms with van der Waals surface area (Å²) in [5, 5.41) is 8.98. The zero-order valence-corrected chi connectivity index (χ0v) is 10.2. The van der Waals surface area contributed by atoms with E-state index in [4.69, 9.17) is 5.11 Å². The zero-order chi connectivity index (χ0) is 12.3. The maximum absolute atomic E-state index is 10.9. The molecule has 0 saturated carbocycles. The van der Waals surface area contributed by atoms with Gasteiger partial charge in [0, 0.05) is 6.54 Å². The molecule has 1 N–H and O–H groups in total. The van der Waals surface area contributed by atoms with Crippen LogP contribution in [0.3, 0.4) is 0 Å². The molecule has 92 valence electrons. The molecule has 0 bridgehead atoms. The Balaban J connectivity index is 2.08. The topological polar surface area (TPSA) is 40.5 Å². The molecule has 1 fully saturated rings. The molecule has 1 aromatic rings. The van der Waals surface area contributed by atoms with Crippen molar-refractivity contribution in [3.8, 4) is 0 Å². The average molecular weight is 233 g/mol. The van der Waals surface area contributed by atoms with E-state index in [1.54, 1.807) is 6.07 Å². The lowest BCUT2D eigenvalue weighted by Crippen LogP contribution is -2.20. The van der Waals surface area contributed by atoms with Crippen LogP contribution in [-0.2, 0) is 0 Å². The van der Waals surface area contributed by atoms with Crippen molar-refractivity contribution < 1.29 is 9.90 Å². The monoisotopic (exact) mass is 233 g/mol. The van der Waals surface area contributed by atoms with Crippen LogP contribution in [0.5, 0.6) is 0 Å². The highest BCUT2D eigenvalue weighted by Crippen LogP contribution is 2.27. The molecular formula is C14H19NO2. The van der Waals surface area contributed by atoms with E-state index in [2.05, 4.69) is 11.8 Å². The SMILES string of the molecule is CCCN1CCC(c2cccc(C(=O)O)c2)C1. The van der Waals surface area contributed by atoms with Crippen LogP contribution < -0.4 is 0 Å². The summed E-state index contributed by atoms with van der Waals surface area (Å²) >= 11 is 0. The molecule has 1 heterocycles. The van der Waals surface area contributed by atoms with Gasteiger partial charge in [0.15, 0.2) is 0 Å². The smallest absolute Gasteiger partial charge is 0.335 e. The Hall–Kier alpha value is -1.35. The highest BCUT2D eigenvalue weighted by Gasteiger charge is 2.23. The predicted octanol–water partition coefficient (Wildman–Crippen LogP) is 2.58. The zero-order valence-electron chi connectivity index (χ0n) is 10.2. The number of aromatic carboxylic acids is 1. The fraction of sp³-hybridized carbons (Fsp3) is 0.500. The molecule has 1 unspecified atom stereocenters. The molecule has 3 nitrogen and oxygen atoms in total. The molecule has 1 aromatic carbocycles. The summed E-state index contributed by atoms with van der Waals surface area (Å²) in [6.45, 7) is 5.54. The van der Waals surface area contributed by atoms with E-state index >= 15 is 0 Å². The van der Waals surface area contributed by atoms with E-state index in [0.717, 1.165) is 26.1 Å². The first-order valence-electron chi connectivity index (χ1n) is 6.26. The van der Waals surface area contributed by atoms with Crippen LogP contribution in [0.25, 0.3) is 0 Å². The molecule has 0 amide bonds. The molecule has 3 heteroatoms. The van der Waals surface area contributed by atoms with Crippen LogP contribution in [0.2, 0.25) is 0 Å². The first-order chi connectivity index (χ1) is 8.20. The summed E-state index contributed by atoms with van der Waals surface area (Å²) in [5.41, 5.74) is 1.57. The molecule has 0 spiro atoms. The molecule has 2 rings (SSSR count).